The van der Waals surface area contributed by atoms with E-state index < -0.39 is 5.60 Å². The zero-order valence-corrected chi connectivity index (χ0v) is 11.8. The number of carbonyl (C=O) groups is 1. The minimum Gasteiger partial charge on any atom is -0.382 e. The second-order valence-corrected chi connectivity index (χ2v) is 6.88. The molecule has 0 aromatic carbocycles. The van der Waals surface area contributed by atoms with Gasteiger partial charge in [0, 0.05) is 12.5 Å². The Bertz CT molecular complexity index is 338. The van der Waals surface area contributed by atoms with Crippen molar-refractivity contribution < 1.29 is 14.6 Å². The van der Waals surface area contributed by atoms with Gasteiger partial charge in [0.15, 0.2) is 5.78 Å². The highest BCUT2D eigenvalue weighted by Gasteiger charge is 2.47. The van der Waals surface area contributed by atoms with Crippen molar-refractivity contribution >= 4 is 5.78 Å². The molecular weight excluding hydrogens is 240 g/mol. The second-order valence-electron chi connectivity index (χ2n) is 6.88. The molecule has 0 amide bonds. The van der Waals surface area contributed by atoms with Gasteiger partial charge < -0.3 is 9.84 Å². The van der Waals surface area contributed by atoms with E-state index in [2.05, 4.69) is 0 Å². The predicted molar refractivity (Wildman–Crippen MR) is 72.9 cm³/mol. The molecule has 2 aliphatic carbocycles. The van der Waals surface area contributed by atoms with Crippen molar-refractivity contribution in [3.63, 3.8) is 0 Å². The fourth-order valence-electron chi connectivity index (χ4n) is 4.38. The van der Waals surface area contributed by atoms with Gasteiger partial charge in [-0.25, -0.2) is 0 Å². The van der Waals surface area contributed by atoms with E-state index in [0.717, 1.165) is 44.9 Å². The lowest BCUT2D eigenvalue weighted by Gasteiger charge is -2.41. The maximum atomic E-state index is 12.7. The van der Waals surface area contributed by atoms with Gasteiger partial charge in [-0.15, -0.1) is 0 Å². The van der Waals surface area contributed by atoms with E-state index in [-0.39, 0.29) is 17.3 Å². The standard InChI is InChI=1S/C16H26O3/c17-14(16(18)9-2-1-3-10-16)13-6-11-19-15(12-13)7-4-5-8-15/h13,18H,1-12H2. The van der Waals surface area contributed by atoms with Crippen molar-refractivity contribution in [1.82, 2.24) is 0 Å². The van der Waals surface area contributed by atoms with Crippen LogP contribution >= 0.6 is 0 Å². The predicted octanol–water partition coefficient (Wildman–Crippen LogP) is 2.99. The first kappa shape index (κ1) is 13.6. The highest BCUT2D eigenvalue weighted by atomic mass is 16.5. The number of hydrogen-bond donors (Lipinski definition) is 1. The van der Waals surface area contributed by atoms with E-state index in [0.29, 0.717) is 19.4 Å². The van der Waals surface area contributed by atoms with Crippen LogP contribution in [0.15, 0.2) is 0 Å². The van der Waals surface area contributed by atoms with Crippen molar-refractivity contribution in [2.24, 2.45) is 5.92 Å². The fraction of sp³-hybridized carbons (Fsp3) is 0.938. The number of ketones is 1. The van der Waals surface area contributed by atoms with E-state index >= 15 is 0 Å². The van der Waals surface area contributed by atoms with Crippen molar-refractivity contribution in [1.29, 1.82) is 0 Å². The largest absolute Gasteiger partial charge is 0.382 e. The third kappa shape index (κ3) is 2.59. The third-order valence-corrected chi connectivity index (χ3v) is 5.52. The molecule has 0 radical (unpaired) electrons. The summed E-state index contributed by atoms with van der Waals surface area (Å²) in [5.74, 6) is 0.164. The highest BCUT2D eigenvalue weighted by molar-refractivity contribution is 5.89. The number of ether oxygens (including phenoxy) is 1. The molecule has 3 fully saturated rings. The van der Waals surface area contributed by atoms with Crippen LogP contribution in [0.4, 0.5) is 0 Å². The summed E-state index contributed by atoms with van der Waals surface area (Å²) in [6, 6.07) is 0. The van der Waals surface area contributed by atoms with Crippen molar-refractivity contribution in [3.8, 4) is 0 Å². The minimum absolute atomic E-state index is 0.0242. The average Bonchev–Trinajstić information content (AvgIpc) is 2.87. The molecule has 3 nitrogen and oxygen atoms in total. The quantitative estimate of drug-likeness (QED) is 0.835. The maximum absolute atomic E-state index is 12.7. The normalized spacial score (nSPS) is 33.4. The van der Waals surface area contributed by atoms with E-state index in [1.54, 1.807) is 0 Å². The van der Waals surface area contributed by atoms with Crippen molar-refractivity contribution in [2.75, 3.05) is 6.61 Å². The van der Waals surface area contributed by atoms with Gasteiger partial charge in [-0.05, 0) is 38.5 Å². The Kier molecular flexibility index (Phi) is 3.69. The zero-order chi connectivity index (χ0) is 13.3. The molecule has 1 atom stereocenters. The van der Waals surface area contributed by atoms with Gasteiger partial charge in [0.1, 0.15) is 5.60 Å². The summed E-state index contributed by atoms with van der Waals surface area (Å²) in [6.45, 7) is 0.701. The first-order chi connectivity index (χ1) is 9.14. The molecular formula is C16H26O3. The Labute approximate surface area is 115 Å². The minimum atomic E-state index is -1.01. The fourth-order valence-corrected chi connectivity index (χ4v) is 4.38. The Balaban J connectivity index is 1.69. The molecule has 0 bridgehead atoms. The van der Waals surface area contributed by atoms with E-state index in [1.807, 2.05) is 0 Å². The zero-order valence-electron chi connectivity index (χ0n) is 11.8. The molecule has 108 valence electrons. The van der Waals surface area contributed by atoms with Crippen LogP contribution in [0.1, 0.15) is 70.6 Å². The summed E-state index contributed by atoms with van der Waals surface area (Å²) in [5.41, 5.74) is -1.04. The molecule has 2 saturated carbocycles. The van der Waals surface area contributed by atoms with Crippen LogP contribution < -0.4 is 0 Å². The van der Waals surface area contributed by atoms with Crippen LogP contribution in [-0.2, 0) is 9.53 Å². The van der Waals surface area contributed by atoms with Gasteiger partial charge in [-0.2, -0.15) is 0 Å². The molecule has 3 aliphatic rings. The highest BCUT2D eigenvalue weighted by Crippen LogP contribution is 2.44. The summed E-state index contributed by atoms with van der Waals surface area (Å²) >= 11 is 0. The van der Waals surface area contributed by atoms with E-state index in [1.165, 1.54) is 12.8 Å². The lowest BCUT2D eigenvalue weighted by molar-refractivity contribution is -0.156. The summed E-state index contributed by atoms with van der Waals surface area (Å²) in [5, 5.41) is 10.6. The SMILES string of the molecule is O=C(C1CCOC2(CCCC2)C1)C1(O)CCCCC1. The Morgan fingerprint density at radius 3 is 2.32 bits per heavy atom. The Morgan fingerprint density at radius 1 is 1.00 bits per heavy atom. The molecule has 19 heavy (non-hydrogen) atoms. The Hall–Kier alpha value is -0.410. The van der Waals surface area contributed by atoms with E-state index in [9.17, 15) is 9.90 Å². The van der Waals surface area contributed by atoms with Crippen LogP contribution in [0.25, 0.3) is 0 Å². The van der Waals surface area contributed by atoms with Gasteiger partial charge in [0.2, 0.25) is 0 Å². The first-order valence-electron chi connectivity index (χ1n) is 8.04. The maximum Gasteiger partial charge on any atom is 0.167 e. The molecule has 1 aliphatic heterocycles. The van der Waals surface area contributed by atoms with Crippen molar-refractivity contribution in [3.05, 3.63) is 0 Å². The van der Waals surface area contributed by atoms with Gasteiger partial charge in [-0.1, -0.05) is 32.1 Å². The lowest BCUT2D eigenvalue weighted by Crippen LogP contribution is -2.49. The van der Waals surface area contributed by atoms with Crippen LogP contribution in [0.5, 0.6) is 0 Å². The second kappa shape index (κ2) is 5.17. The summed E-state index contributed by atoms with van der Waals surface area (Å²) in [7, 11) is 0. The van der Waals surface area contributed by atoms with Gasteiger partial charge in [0.25, 0.3) is 0 Å². The van der Waals surface area contributed by atoms with Crippen molar-refractivity contribution in [2.45, 2.75) is 81.8 Å². The summed E-state index contributed by atoms with van der Waals surface area (Å²) in [4.78, 5) is 12.7. The molecule has 1 N–H and O–H groups in total. The van der Waals surface area contributed by atoms with Crippen LogP contribution in [0.2, 0.25) is 0 Å². The van der Waals surface area contributed by atoms with Crippen LogP contribution in [-0.4, -0.2) is 28.7 Å². The number of Topliss-reactive ketones (excluding diaryl/α,β-unsaturated/α-hetero) is 1. The molecule has 3 heteroatoms. The molecule has 0 aromatic rings. The third-order valence-electron chi connectivity index (χ3n) is 5.52. The van der Waals surface area contributed by atoms with Crippen LogP contribution in [0.3, 0.4) is 0 Å². The van der Waals surface area contributed by atoms with Crippen LogP contribution in [0, 0.1) is 5.92 Å². The molecule has 3 rings (SSSR count). The van der Waals surface area contributed by atoms with Gasteiger partial charge in [-0.3, -0.25) is 4.79 Å². The topological polar surface area (TPSA) is 46.5 Å². The molecule has 1 unspecified atom stereocenters. The average molecular weight is 266 g/mol. The molecule has 1 saturated heterocycles. The van der Waals surface area contributed by atoms with Gasteiger partial charge in [0.05, 0.1) is 5.60 Å². The summed E-state index contributed by atoms with van der Waals surface area (Å²) < 4.78 is 5.99. The monoisotopic (exact) mass is 266 g/mol. The number of carbonyl (C=O) groups excluding carboxylic acids is 1. The molecule has 1 heterocycles. The lowest BCUT2D eigenvalue weighted by atomic mass is 9.73. The smallest absolute Gasteiger partial charge is 0.167 e. The number of aliphatic hydroxyl groups is 1. The van der Waals surface area contributed by atoms with Gasteiger partial charge >= 0.3 is 0 Å². The number of hydrogen-bond acceptors (Lipinski definition) is 3. The summed E-state index contributed by atoms with van der Waals surface area (Å²) in [6.07, 6.45) is 10.8. The Morgan fingerprint density at radius 2 is 1.63 bits per heavy atom. The molecule has 1 spiro atoms. The first-order valence-corrected chi connectivity index (χ1v) is 8.04. The number of rotatable bonds is 2. The van der Waals surface area contributed by atoms with E-state index in [4.69, 9.17) is 4.74 Å². The molecule has 0 aromatic heterocycles.